The van der Waals surface area contributed by atoms with E-state index in [1.54, 1.807) is 0 Å². The van der Waals surface area contributed by atoms with Gasteiger partial charge in [0.25, 0.3) is 0 Å². The van der Waals surface area contributed by atoms with Crippen LogP contribution < -0.4 is 0 Å². The summed E-state index contributed by atoms with van der Waals surface area (Å²) < 4.78 is 10.7. The van der Waals surface area contributed by atoms with Gasteiger partial charge in [0.05, 0.1) is 19.8 Å². The fourth-order valence-electron chi connectivity index (χ4n) is 2.03. The van der Waals surface area contributed by atoms with Crippen molar-refractivity contribution >= 4 is 12.6 Å². The highest BCUT2D eigenvalue weighted by Gasteiger charge is 1.93. The van der Waals surface area contributed by atoms with Gasteiger partial charge in [-0.2, -0.15) is 12.6 Å². The second-order valence-electron chi connectivity index (χ2n) is 5.08. The van der Waals surface area contributed by atoms with Crippen LogP contribution in [0.25, 0.3) is 10.4 Å². The van der Waals surface area contributed by atoms with E-state index in [-0.39, 0.29) is 0 Å². The third-order valence-corrected chi connectivity index (χ3v) is 3.53. The summed E-state index contributed by atoms with van der Waals surface area (Å²) in [5, 5.41) is 3.39. The zero-order valence-electron chi connectivity index (χ0n) is 13.2. The Kier molecular flexibility index (Phi) is 19.2. The number of azide groups is 1. The third kappa shape index (κ3) is 19.6. The van der Waals surface area contributed by atoms with Crippen LogP contribution >= 0.6 is 12.6 Å². The van der Waals surface area contributed by atoms with Crippen molar-refractivity contribution in [2.45, 2.75) is 57.8 Å². The number of hydrogen-bond acceptors (Lipinski definition) is 4. The first-order chi connectivity index (χ1) is 10.4. The topological polar surface area (TPSA) is 67.2 Å². The summed E-state index contributed by atoms with van der Waals surface area (Å²) in [6.45, 7) is 2.89. The molecule has 0 bridgehead atoms. The normalized spacial score (nSPS) is 10.5. The van der Waals surface area contributed by atoms with Crippen LogP contribution in [0.4, 0.5) is 0 Å². The second kappa shape index (κ2) is 19.6. The van der Waals surface area contributed by atoms with E-state index in [1.807, 2.05) is 0 Å². The highest BCUT2D eigenvalue weighted by Crippen LogP contribution is 2.09. The van der Waals surface area contributed by atoms with Gasteiger partial charge in [-0.3, -0.25) is 0 Å². The summed E-state index contributed by atoms with van der Waals surface area (Å²) in [6, 6.07) is 0. The van der Waals surface area contributed by atoms with E-state index in [0.29, 0.717) is 26.4 Å². The molecule has 0 aliphatic rings. The molecule has 124 valence electrons. The Morgan fingerprint density at radius 2 is 1.24 bits per heavy atom. The molecule has 0 N–H and O–H groups in total. The number of nitrogens with zero attached hydrogens (tertiary/aromatic N) is 3. The van der Waals surface area contributed by atoms with Crippen molar-refractivity contribution in [2.24, 2.45) is 5.11 Å². The third-order valence-electron chi connectivity index (χ3n) is 3.22. The van der Waals surface area contributed by atoms with Crippen molar-refractivity contribution in [1.29, 1.82) is 0 Å². The average molecular weight is 317 g/mol. The SMILES string of the molecule is [N-]=[N+]=NCCOCCOCCCCCCCCCCCS. The molecule has 0 aromatic heterocycles. The van der Waals surface area contributed by atoms with Gasteiger partial charge in [0.1, 0.15) is 0 Å². The molecule has 0 aliphatic heterocycles. The summed E-state index contributed by atoms with van der Waals surface area (Å²) in [7, 11) is 0. The standard InChI is InChI=1S/C15H31N3O2S/c16-18-17-10-12-20-14-13-19-11-8-6-4-2-1-3-5-7-9-15-21/h21H,1-15H2. The van der Waals surface area contributed by atoms with Gasteiger partial charge in [-0.1, -0.05) is 50.1 Å². The lowest BCUT2D eigenvalue weighted by Gasteiger charge is -2.05. The first kappa shape index (κ1) is 20.6. The number of hydrogen-bond donors (Lipinski definition) is 1. The van der Waals surface area contributed by atoms with Gasteiger partial charge < -0.3 is 9.47 Å². The maximum absolute atomic E-state index is 8.07. The Morgan fingerprint density at radius 3 is 1.81 bits per heavy atom. The lowest BCUT2D eigenvalue weighted by atomic mass is 10.1. The minimum atomic E-state index is 0.394. The minimum Gasteiger partial charge on any atom is -0.379 e. The van der Waals surface area contributed by atoms with Crippen LogP contribution in [0.3, 0.4) is 0 Å². The van der Waals surface area contributed by atoms with Gasteiger partial charge >= 0.3 is 0 Å². The Labute approximate surface area is 134 Å². The molecule has 0 saturated heterocycles. The molecule has 0 spiro atoms. The number of rotatable bonds is 17. The molecule has 0 aliphatic carbocycles. The number of unbranched alkanes of at least 4 members (excludes halogenated alkanes) is 8. The predicted molar refractivity (Wildman–Crippen MR) is 91.1 cm³/mol. The van der Waals surface area contributed by atoms with E-state index in [4.69, 9.17) is 15.0 Å². The van der Waals surface area contributed by atoms with Crippen molar-refractivity contribution < 1.29 is 9.47 Å². The van der Waals surface area contributed by atoms with Crippen LogP contribution in [0.2, 0.25) is 0 Å². The van der Waals surface area contributed by atoms with Crippen molar-refractivity contribution in [1.82, 2.24) is 0 Å². The zero-order chi connectivity index (χ0) is 15.4. The molecule has 6 heteroatoms. The van der Waals surface area contributed by atoms with Gasteiger partial charge in [0.15, 0.2) is 0 Å². The molecule has 0 radical (unpaired) electrons. The lowest BCUT2D eigenvalue weighted by molar-refractivity contribution is 0.0492. The van der Waals surface area contributed by atoms with Crippen LogP contribution in [0.15, 0.2) is 5.11 Å². The van der Waals surface area contributed by atoms with E-state index in [2.05, 4.69) is 22.7 Å². The van der Waals surface area contributed by atoms with Gasteiger partial charge in [-0.05, 0) is 24.1 Å². The Bertz CT molecular complexity index is 249. The van der Waals surface area contributed by atoms with Crippen LogP contribution in [-0.4, -0.2) is 38.7 Å². The van der Waals surface area contributed by atoms with E-state index in [1.165, 1.54) is 51.4 Å². The highest BCUT2D eigenvalue weighted by atomic mass is 32.1. The Balaban J connectivity index is 2.94. The summed E-state index contributed by atoms with van der Waals surface area (Å²) in [6.07, 6.45) is 11.8. The van der Waals surface area contributed by atoms with Crippen molar-refractivity contribution in [3.63, 3.8) is 0 Å². The van der Waals surface area contributed by atoms with E-state index in [0.717, 1.165) is 18.8 Å². The van der Waals surface area contributed by atoms with Crippen molar-refractivity contribution in [3.8, 4) is 0 Å². The minimum absolute atomic E-state index is 0.394. The molecule has 0 aromatic rings. The fourth-order valence-corrected chi connectivity index (χ4v) is 2.25. The van der Waals surface area contributed by atoms with E-state index < -0.39 is 0 Å². The van der Waals surface area contributed by atoms with Crippen molar-refractivity contribution in [3.05, 3.63) is 10.4 Å². The maximum Gasteiger partial charge on any atom is 0.0700 e. The summed E-state index contributed by atoms with van der Waals surface area (Å²) in [4.78, 5) is 2.65. The molecule has 0 unspecified atom stereocenters. The quantitative estimate of drug-likeness (QED) is 0.138. The molecule has 0 fully saturated rings. The lowest BCUT2D eigenvalue weighted by Crippen LogP contribution is -2.07. The van der Waals surface area contributed by atoms with Gasteiger partial charge in [-0.15, -0.1) is 0 Å². The fraction of sp³-hybridized carbons (Fsp3) is 1.00. The van der Waals surface area contributed by atoms with E-state index >= 15 is 0 Å². The monoisotopic (exact) mass is 317 g/mol. The predicted octanol–water partition coefficient (Wildman–Crippen LogP) is 4.77. The van der Waals surface area contributed by atoms with Crippen LogP contribution in [0, 0.1) is 0 Å². The Morgan fingerprint density at radius 1 is 0.714 bits per heavy atom. The van der Waals surface area contributed by atoms with E-state index in [9.17, 15) is 0 Å². The second-order valence-corrected chi connectivity index (χ2v) is 5.53. The van der Waals surface area contributed by atoms with Crippen LogP contribution in [0.5, 0.6) is 0 Å². The summed E-state index contributed by atoms with van der Waals surface area (Å²) >= 11 is 4.22. The van der Waals surface area contributed by atoms with Gasteiger partial charge in [0, 0.05) is 18.1 Å². The smallest absolute Gasteiger partial charge is 0.0700 e. The zero-order valence-corrected chi connectivity index (χ0v) is 14.1. The molecule has 0 rings (SSSR count). The maximum atomic E-state index is 8.07. The molecule has 0 atom stereocenters. The molecule has 0 amide bonds. The molecule has 0 heterocycles. The van der Waals surface area contributed by atoms with Crippen LogP contribution in [0.1, 0.15) is 57.8 Å². The average Bonchev–Trinajstić information content (AvgIpc) is 2.50. The number of ether oxygens (including phenoxy) is 2. The first-order valence-corrected chi connectivity index (χ1v) is 8.82. The van der Waals surface area contributed by atoms with Crippen LogP contribution in [-0.2, 0) is 9.47 Å². The Hall–Kier alpha value is -0.420. The van der Waals surface area contributed by atoms with Crippen molar-refractivity contribution in [2.75, 3.05) is 38.7 Å². The summed E-state index contributed by atoms with van der Waals surface area (Å²) in [5.74, 6) is 1.03. The molecule has 0 aromatic carbocycles. The molecule has 0 saturated carbocycles. The number of thiol groups is 1. The molecule has 21 heavy (non-hydrogen) atoms. The first-order valence-electron chi connectivity index (χ1n) is 8.19. The highest BCUT2D eigenvalue weighted by molar-refractivity contribution is 7.80. The van der Waals surface area contributed by atoms with Gasteiger partial charge in [0.2, 0.25) is 0 Å². The molecular weight excluding hydrogens is 286 g/mol. The molecule has 5 nitrogen and oxygen atoms in total. The largest absolute Gasteiger partial charge is 0.379 e. The summed E-state index contributed by atoms with van der Waals surface area (Å²) in [5.41, 5.74) is 8.07. The van der Waals surface area contributed by atoms with Gasteiger partial charge in [-0.25, -0.2) is 0 Å². The molecular formula is C15H31N3O2S.